The average molecular weight is 316 g/mol. The van der Waals surface area contributed by atoms with Crippen molar-refractivity contribution in [3.8, 4) is 0 Å². The van der Waals surface area contributed by atoms with E-state index in [1.165, 1.54) is 0 Å². The van der Waals surface area contributed by atoms with Crippen LogP contribution in [0.15, 0.2) is 10.6 Å². The van der Waals surface area contributed by atoms with Gasteiger partial charge in [-0.2, -0.15) is 0 Å². The van der Waals surface area contributed by atoms with Crippen LogP contribution in [0.1, 0.15) is 40.6 Å². The Labute approximate surface area is 134 Å². The average Bonchev–Trinajstić information content (AvgIpc) is 3.23. The summed E-state index contributed by atoms with van der Waals surface area (Å²) in [6.07, 6.45) is 2.10. The molecule has 0 saturated carbocycles. The number of rotatable bonds is 2. The van der Waals surface area contributed by atoms with E-state index in [0.29, 0.717) is 37.6 Å². The van der Waals surface area contributed by atoms with Gasteiger partial charge in [-0.25, -0.2) is 4.98 Å². The first-order valence-electron chi connectivity index (χ1n) is 8.11. The standard InChI is InChI=1S/C16H20N4O3/c1-10-9-11(16(21)20-5-7-22-8-6-20)13-14(12-3-2-4-17-12)19-23-15(13)18-10/h9,12,17H,2-8H2,1H3. The summed E-state index contributed by atoms with van der Waals surface area (Å²) in [5.74, 6) is 0.00578. The summed E-state index contributed by atoms with van der Waals surface area (Å²) in [6.45, 7) is 5.23. The molecule has 1 atom stereocenters. The van der Waals surface area contributed by atoms with E-state index in [4.69, 9.17) is 9.26 Å². The molecule has 2 aromatic heterocycles. The van der Waals surface area contributed by atoms with Crippen molar-refractivity contribution in [2.75, 3.05) is 32.8 Å². The van der Waals surface area contributed by atoms with Crippen LogP contribution in [-0.2, 0) is 4.74 Å². The Bertz CT molecular complexity index is 730. The van der Waals surface area contributed by atoms with Crippen molar-refractivity contribution in [3.63, 3.8) is 0 Å². The lowest BCUT2D eigenvalue weighted by Gasteiger charge is -2.27. The van der Waals surface area contributed by atoms with Gasteiger partial charge in [-0.15, -0.1) is 0 Å². The monoisotopic (exact) mass is 316 g/mol. The molecule has 4 heterocycles. The van der Waals surface area contributed by atoms with Crippen LogP contribution in [0.3, 0.4) is 0 Å². The zero-order valence-corrected chi connectivity index (χ0v) is 13.2. The number of morpholine rings is 1. The number of carbonyl (C=O) groups is 1. The van der Waals surface area contributed by atoms with E-state index in [9.17, 15) is 4.79 Å². The number of nitrogens with zero attached hydrogens (tertiary/aromatic N) is 3. The molecule has 7 nitrogen and oxygen atoms in total. The minimum atomic E-state index is 0.00578. The molecule has 2 saturated heterocycles. The van der Waals surface area contributed by atoms with E-state index < -0.39 is 0 Å². The largest absolute Gasteiger partial charge is 0.378 e. The predicted octanol–water partition coefficient (Wildman–Crippen LogP) is 1.43. The smallest absolute Gasteiger partial charge is 0.259 e. The number of hydrogen-bond acceptors (Lipinski definition) is 6. The summed E-state index contributed by atoms with van der Waals surface area (Å²) in [7, 11) is 0. The van der Waals surface area contributed by atoms with E-state index in [-0.39, 0.29) is 11.9 Å². The number of fused-ring (bicyclic) bond motifs is 1. The Hall–Kier alpha value is -1.99. The summed E-state index contributed by atoms with van der Waals surface area (Å²) in [5.41, 5.74) is 2.66. The minimum absolute atomic E-state index is 0.00578. The van der Waals surface area contributed by atoms with Crippen LogP contribution >= 0.6 is 0 Å². The third kappa shape index (κ3) is 2.60. The highest BCUT2D eigenvalue weighted by molar-refractivity contribution is 6.06. The van der Waals surface area contributed by atoms with Crippen molar-refractivity contribution in [2.24, 2.45) is 0 Å². The number of ether oxygens (including phenoxy) is 1. The highest BCUT2D eigenvalue weighted by Gasteiger charge is 2.29. The van der Waals surface area contributed by atoms with Crippen molar-refractivity contribution in [2.45, 2.75) is 25.8 Å². The van der Waals surface area contributed by atoms with Crippen LogP contribution in [0.25, 0.3) is 11.1 Å². The highest BCUT2D eigenvalue weighted by atomic mass is 16.5. The van der Waals surface area contributed by atoms with Gasteiger partial charge in [0.25, 0.3) is 11.6 Å². The third-order valence-electron chi connectivity index (χ3n) is 4.52. The maximum atomic E-state index is 13.0. The van der Waals surface area contributed by atoms with Gasteiger partial charge in [0.05, 0.1) is 30.2 Å². The quantitative estimate of drug-likeness (QED) is 0.903. The lowest BCUT2D eigenvalue weighted by Crippen LogP contribution is -2.40. The van der Waals surface area contributed by atoms with Gasteiger partial charge in [-0.05, 0) is 32.4 Å². The Morgan fingerprint density at radius 1 is 1.39 bits per heavy atom. The molecule has 2 aliphatic rings. The second-order valence-corrected chi connectivity index (χ2v) is 6.11. The number of hydrogen-bond donors (Lipinski definition) is 1. The summed E-state index contributed by atoms with van der Waals surface area (Å²) >= 11 is 0. The fourth-order valence-electron chi connectivity index (χ4n) is 3.36. The van der Waals surface area contributed by atoms with Gasteiger partial charge < -0.3 is 19.5 Å². The van der Waals surface area contributed by atoms with E-state index in [0.717, 1.165) is 36.2 Å². The normalized spacial score (nSPS) is 22.0. The van der Waals surface area contributed by atoms with Crippen LogP contribution in [0, 0.1) is 6.92 Å². The predicted molar refractivity (Wildman–Crippen MR) is 83.2 cm³/mol. The van der Waals surface area contributed by atoms with Crippen LogP contribution in [-0.4, -0.2) is 53.8 Å². The fraction of sp³-hybridized carbons (Fsp3) is 0.562. The van der Waals surface area contributed by atoms with Gasteiger partial charge in [0.1, 0.15) is 5.69 Å². The molecule has 7 heteroatoms. The van der Waals surface area contributed by atoms with Crippen LogP contribution in [0.2, 0.25) is 0 Å². The molecule has 0 spiro atoms. The van der Waals surface area contributed by atoms with Crippen LogP contribution < -0.4 is 5.32 Å². The summed E-state index contributed by atoms with van der Waals surface area (Å²) < 4.78 is 10.8. The molecule has 1 amide bonds. The number of aryl methyl sites for hydroxylation is 1. The summed E-state index contributed by atoms with van der Waals surface area (Å²) in [6, 6.07) is 1.98. The van der Waals surface area contributed by atoms with Crippen molar-refractivity contribution in [1.29, 1.82) is 0 Å². The summed E-state index contributed by atoms with van der Waals surface area (Å²) in [5, 5.41) is 8.38. The van der Waals surface area contributed by atoms with Gasteiger partial charge in [-0.1, -0.05) is 5.16 Å². The van der Waals surface area contributed by atoms with E-state index in [2.05, 4.69) is 15.5 Å². The van der Waals surface area contributed by atoms with Crippen LogP contribution in [0.5, 0.6) is 0 Å². The van der Waals surface area contributed by atoms with Gasteiger partial charge in [0, 0.05) is 18.8 Å². The molecule has 0 radical (unpaired) electrons. The molecule has 0 bridgehead atoms. The first-order chi connectivity index (χ1) is 11.2. The molecule has 0 aromatic carbocycles. The van der Waals surface area contributed by atoms with Crippen molar-refractivity contribution in [1.82, 2.24) is 20.4 Å². The molecule has 2 aromatic rings. The molecule has 2 fully saturated rings. The second-order valence-electron chi connectivity index (χ2n) is 6.11. The molecule has 0 aliphatic carbocycles. The SMILES string of the molecule is Cc1cc(C(=O)N2CCOCC2)c2c(C3CCCN3)noc2n1. The third-order valence-corrected chi connectivity index (χ3v) is 4.52. The first-order valence-corrected chi connectivity index (χ1v) is 8.11. The number of amides is 1. The van der Waals surface area contributed by atoms with Crippen molar-refractivity contribution < 1.29 is 14.1 Å². The lowest BCUT2D eigenvalue weighted by atomic mass is 10.0. The maximum absolute atomic E-state index is 13.0. The Morgan fingerprint density at radius 3 is 2.96 bits per heavy atom. The molecule has 4 rings (SSSR count). The van der Waals surface area contributed by atoms with E-state index in [1.807, 2.05) is 17.9 Å². The van der Waals surface area contributed by atoms with Crippen LogP contribution in [0.4, 0.5) is 0 Å². The molecule has 122 valence electrons. The molecular formula is C16H20N4O3. The fourth-order valence-corrected chi connectivity index (χ4v) is 3.36. The molecule has 23 heavy (non-hydrogen) atoms. The first kappa shape index (κ1) is 14.6. The number of nitrogens with one attached hydrogen (secondary N) is 1. The number of carbonyl (C=O) groups excluding carboxylic acids is 1. The zero-order chi connectivity index (χ0) is 15.8. The van der Waals surface area contributed by atoms with Gasteiger partial charge in [0.15, 0.2) is 0 Å². The summed E-state index contributed by atoms with van der Waals surface area (Å²) in [4.78, 5) is 19.2. The lowest BCUT2D eigenvalue weighted by molar-refractivity contribution is 0.0304. The van der Waals surface area contributed by atoms with Crippen molar-refractivity contribution >= 4 is 17.0 Å². The maximum Gasteiger partial charge on any atom is 0.259 e. The highest BCUT2D eigenvalue weighted by Crippen LogP contribution is 2.31. The zero-order valence-electron chi connectivity index (χ0n) is 13.2. The van der Waals surface area contributed by atoms with Gasteiger partial charge >= 0.3 is 0 Å². The van der Waals surface area contributed by atoms with Crippen molar-refractivity contribution in [3.05, 3.63) is 23.0 Å². The molecule has 1 N–H and O–H groups in total. The molecule has 1 unspecified atom stereocenters. The van der Waals surface area contributed by atoms with Gasteiger partial charge in [0.2, 0.25) is 0 Å². The molecular weight excluding hydrogens is 296 g/mol. The molecule has 2 aliphatic heterocycles. The van der Waals surface area contributed by atoms with E-state index >= 15 is 0 Å². The van der Waals surface area contributed by atoms with Gasteiger partial charge in [-0.3, -0.25) is 4.79 Å². The van der Waals surface area contributed by atoms with E-state index in [1.54, 1.807) is 0 Å². The minimum Gasteiger partial charge on any atom is -0.378 e. The number of pyridine rings is 1. The Balaban J connectivity index is 1.80. The topological polar surface area (TPSA) is 80.5 Å². The Kier molecular flexibility index (Phi) is 3.74. The Morgan fingerprint density at radius 2 is 2.22 bits per heavy atom. The second kappa shape index (κ2) is 5.90. The number of aromatic nitrogens is 2.